The number of aromatic nitrogens is 2. The van der Waals surface area contributed by atoms with Gasteiger partial charge >= 0.3 is 0 Å². The third-order valence-corrected chi connectivity index (χ3v) is 7.22. The Morgan fingerprint density at radius 2 is 1.97 bits per heavy atom. The van der Waals surface area contributed by atoms with Crippen LogP contribution in [0.4, 0.5) is 0 Å². The fourth-order valence-electron chi connectivity index (χ4n) is 3.40. The molecule has 9 heteroatoms. The van der Waals surface area contributed by atoms with Gasteiger partial charge in [-0.1, -0.05) is 35.5 Å². The van der Waals surface area contributed by atoms with Gasteiger partial charge in [-0.05, 0) is 30.7 Å². The second kappa shape index (κ2) is 10.1. The summed E-state index contributed by atoms with van der Waals surface area (Å²) in [6.07, 6.45) is 0.835. The van der Waals surface area contributed by atoms with Gasteiger partial charge in [0.2, 0.25) is 0 Å². The molecule has 4 rings (SSSR count). The van der Waals surface area contributed by atoms with Crippen molar-refractivity contribution in [2.75, 3.05) is 38.6 Å². The van der Waals surface area contributed by atoms with Crippen molar-refractivity contribution in [1.82, 2.24) is 14.5 Å². The standard InChI is InChI=1S/C21H22ClN3O3S2/c22-19-7-6-18(30-19)17(26)14-29-21-23-16-5-2-1-4-15(16)20(27)25(21)9-3-8-24-10-12-28-13-11-24/h1-2,4-7H,3,8-14H2. The Morgan fingerprint density at radius 3 is 2.73 bits per heavy atom. The van der Waals surface area contributed by atoms with Gasteiger partial charge in [0.15, 0.2) is 10.9 Å². The van der Waals surface area contributed by atoms with E-state index in [1.807, 2.05) is 18.2 Å². The number of fused-ring (bicyclic) bond motifs is 1. The summed E-state index contributed by atoms with van der Waals surface area (Å²) >= 11 is 8.52. The first-order chi connectivity index (χ1) is 14.6. The molecule has 0 saturated carbocycles. The van der Waals surface area contributed by atoms with Crippen LogP contribution in [0.2, 0.25) is 4.34 Å². The van der Waals surface area contributed by atoms with E-state index in [4.69, 9.17) is 16.3 Å². The molecule has 0 amide bonds. The summed E-state index contributed by atoms with van der Waals surface area (Å²) in [4.78, 5) is 33.3. The zero-order valence-corrected chi connectivity index (χ0v) is 18.8. The SMILES string of the molecule is O=C(CSc1nc2ccccc2c(=O)n1CCCN1CCOCC1)c1ccc(Cl)s1. The largest absolute Gasteiger partial charge is 0.379 e. The predicted molar refractivity (Wildman–Crippen MR) is 122 cm³/mol. The number of Topliss-reactive ketones (excluding diaryl/α,β-unsaturated/α-hetero) is 1. The van der Waals surface area contributed by atoms with Crippen LogP contribution >= 0.6 is 34.7 Å². The second-order valence-electron chi connectivity index (χ2n) is 6.99. The van der Waals surface area contributed by atoms with E-state index in [-0.39, 0.29) is 17.1 Å². The maximum atomic E-state index is 13.1. The third kappa shape index (κ3) is 5.12. The Labute approximate surface area is 187 Å². The van der Waals surface area contributed by atoms with Gasteiger partial charge in [-0.3, -0.25) is 19.1 Å². The molecule has 2 aromatic heterocycles. The first-order valence-electron chi connectivity index (χ1n) is 9.83. The Morgan fingerprint density at radius 1 is 1.17 bits per heavy atom. The summed E-state index contributed by atoms with van der Waals surface area (Å²) < 4.78 is 7.69. The molecule has 0 radical (unpaired) electrons. The Bertz CT molecular complexity index is 1090. The molecule has 1 aliphatic rings. The lowest BCUT2D eigenvalue weighted by molar-refractivity contribution is 0.0368. The molecular weight excluding hydrogens is 442 g/mol. The molecule has 158 valence electrons. The van der Waals surface area contributed by atoms with Crippen LogP contribution in [0.25, 0.3) is 10.9 Å². The zero-order valence-electron chi connectivity index (χ0n) is 16.4. The summed E-state index contributed by atoms with van der Waals surface area (Å²) in [7, 11) is 0. The van der Waals surface area contributed by atoms with Crippen LogP contribution in [0, 0.1) is 0 Å². The number of carbonyl (C=O) groups is 1. The van der Waals surface area contributed by atoms with Crippen LogP contribution in [-0.4, -0.2) is 58.8 Å². The van der Waals surface area contributed by atoms with Crippen molar-refractivity contribution in [1.29, 1.82) is 0 Å². The number of ether oxygens (including phenoxy) is 1. The number of nitrogens with zero attached hydrogens (tertiary/aromatic N) is 3. The van der Waals surface area contributed by atoms with Crippen molar-refractivity contribution >= 4 is 51.4 Å². The lowest BCUT2D eigenvalue weighted by Gasteiger charge is -2.26. The molecule has 0 unspecified atom stereocenters. The fourth-order valence-corrected chi connectivity index (χ4v) is 5.38. The van der Waals surface area contributed by atoms with Crippen LogP contribution in [-0.2, 0) is 11.3 Å². The van der Waals surface area contributed by atoms with Gasteiger partial charge in [0, 0.05) is 26.2 Å². The average Bonchev–Trinajstić information content (AvgIpc) is 3.21. The summed E-state index contributed by atoms with van der Waals surface area (Å²) in [5.74, 6) is 0.199. The average molecular weight is 464 g/mol. The molecule has 0 N–H and O–H groups in total. The maximum Gasteiger partial charge on any atom is 0.262 e. The highest BCUT2D eigenvalue weighted by molar-refractivity contribution is 7.99. The summed E-state index contributed by atoms with van der Waals surface area (Å²) in [6.45, 7) is 4.82. The molecule has 0 atom stereocenters. The van der Waals surface area contributed by atoms with Crippen molar-refractivity contribution in [3.63, 3.8) is 0 Å². The number of para-hydroxylation sites is 1. The lowest BCUT2D eigenvalue weighted by Crippen LogP contribution is -2.37. The minimum absolute atomic E-state index is 0.0147. The molecule has 6 nitrogen and oxygen atoms in total. The number of ketones is 1. The molecule has 30 heavy (non-hydrogen) atoms. The topological polar surface area (TPSA) is 64.4 Å². The molecule has 1 saturated heterocycles. The van der Waals surface area contributed by atoms with Crippen molar-refractivity contribution in [2.45, 2.75) is 18.1 Å². The summed E-state index contributed by atoms with van der Waals surface area (Å²) in [5, 5.41) is 1.18. The first-order valence-corrected chi connectivity index (χ1v) is 12.0. The quantitative estimate of drug-likeness (QED) is 0.287. The molecule has 1 aromatic carbocycles. The van der Waals surface area contributed by atoms with E-state index in [0.717, 1.165) is 39.3 Å². The second-order valence-corrected chi connectivity index (χ2v) is 9.65. The van der Waals surface area contributed by atoms with E-state index in [1.54, 1.807) is 22.8 Å². The number of thioether (sulfide) groups is 1. The lowest BCUT2D eigenvalue weighted by atomic mass is 10.2. The highest BCUT2D eigenvalue weighted by atomic mass is 35.5. The minimum Gasteiger partial charge on any atom is -0.379 e. The molecule has 1 fully saturated rings. The number of rotatable bonds is 8. The van der Waals surface area contributed by atoms with Crippen molar-refractivity contribution in [3.8, 4) is 0 Å². The number of hydrogen-bond acceptors (Lipinski definition) is 7. The third-order valence-electron chi connectivity index (χ3n) is 4.97. The fraction of sp³-hybridized carbons (Fsp3) is 0.381. The summed E-state index contributed by atoms with van der Waals surface area (Å²) in [5.41, 5.74) is 0.595. The van der Waals surface area contributed by atoms with Gasteiger partial charge in [-0.25, -0.2) is 4.98 Å². The van der Waals surface area contributed by atoms with E-state index in [0.29, 0.717) is 31.8 Å². The Balaban J connectivity index is 1.52. The van der Waals surface area contributed by atoms with Gasteiger partial charge in [-0.15, -0.1) is 11.3 Å². The maximum absolute atomic E-state index is 13.1. The molecule has 0 bridgehead atoms. The van der Waals surface area contributed by atoms with Crippen molar-refractivity contribution < 1.29 is 9.53 Å². The number of benzene rings is 1. The number of carbonyl (C=O) groups excluding carboxylic acids is 1. The van der Waals surface area contributed by atoms with Crippen LogP contribution in [0.1, 0.15) is 16.1 Å². The first kappa shape index (κ1) is 21.5. The predicted octanol–water partition coefficient (Wildman–Crippen LogP) is 3.81. The molecule has 3 heterocycles. The summed E-state index contributed by atoms with van der Waals surface area (Å²) in [6, 6.07) is 10.8. The molecule has 1 aliphatic heterocycles. The van der Waals surface area contributed by atoms with Gasteiger partial charge < -0.3 is 4.74 Å². The molecular formula is C21H22ClN3O3S2. The van der Waals surface area contributed by atoms with E-state index in [1.165, 1.54) is 23.1 Å². The van der Waals surface area contributed by atoms with Crippen molar-refractivity contribution in [3.05, 3.63) is 56.0 Å². The van der Waals surface area contributed by atoms with E-state index in [2.05, 4.69) is 9.88 Å². The number of hydrogen-bond donors (Lipinski definition) is 0. The normalized spacial score (nSPS) is 15.0. The number of halogens is 1. The van der Waals surface area contributed by atoms with Crippen LogP contribution in [0.5, 0.6) is 0 Å². The highest BCUT2D eigenvalue weighted by Crippen LogP contribution is 2.25. The van der Waals surface area contributed by atoms with E-state index in [9.17, 15) is 9.59 Å². The van der Waals surface area contributed by atoms with Gasteiger partial charge in [0.25, 0.3) is 5.56 Å². The van der Waals surface area contributed by atoms with Crippen LogP contribution in [0.3, 0.4) is 0 Å². The zero-order chi connectivity index (χ0) is 20.9. The van der Waals surface area contributed by atoms with Crippen LogP contribution < -0.4 is 5.56 Å². The minimum atomic E-state index is -0.0586. The highest BCUT2D eigenvalue weighted by Gasteiger charge is 2.16. The van der Waals surface area contributed by atoms with Crippen molar-refractivity contribution in [2.24, 2.45) is 0 Å². The van der Waals surface area contributed by atoms with E-state index >= 15 is 0 Å². The smallest absolute Gasteiger partial charge is 0.262 e. The Hall–Kier alpha value is -1.71. The molecule has 0 spiro atoms. The molecule has 0 aliphatic carbocycles. The monoisotopic (exact) mass is 463 g/mol. The van der Waals surface area contributed by atoms with E-state index < -0.39 is 0 Å². The number of thiophene rings is 1. The van der Waals surface area contributed by atoms with Gasteiger partial charge in [0.05, 0.1) is 39.1 Å². The molecule has 3 aromatic rings. The van der Waals surface area contributed by atoms with Gasteiger partial charge in [0.1, 0.15) is 0 Å². The van der Waals surface area contributed by atoms with Crippen LogP contribution in [0.15, 0.2) is 46.3 Å². The Kier molecular flexibility index (Phi) is 7.22. The number of morpholine rings is 1. The van der Waals surface area contributed by atoms with Gasteiger partial charge in [-0.2, -0.15) is 0 Å².